The van der Waals surface area contributed by atoms with E-state index in [9.17, 15) is 13.5 Å². The van der Waals surface area contributed by atoms with Crippen LogP contribution in [-0.4, -0.2) is 36.5 Å². The Kier molecular flexibility index (Phi) is 1.62. The molecule has 2 bridgehead atoms. The van der Waals surface area contributed by atoms with Crippen LogP contribution in [0.1, 0.15) is 12.8 Å². The Morgan fingerprint density at radius 3 is 2.57 bits per heavy atom. The summed E-state index contributed by atoms with van der Waals surface area (Å²) in [7, 11) is -3.62. The van der Waals surface area contributed by atoms with Gasteiger partial charge in [0.1, 0.15) is 0 Å². The molecule has 5 nitrogen and oxygen atoms in total. The molecule has 0 aromatic heterocycles. The van der Waals surface area contributed by atoms with Crippen LogP contribution in [0.3, 0.4) is 0 Å². The third-order valence-corrected chi connectivity index (χ3v) is 5.18. The Hall–Kier alpha value is -0.170. The zero-order chi connectivity index (χ0) is 10.1. The fraction of sp³-hybridized carbons (Fsp3) is 1.00. The number of aliphatic hydroxyl groups excluding tert-OH is 1. The molecule has 3 N–H and O–H groups in total. The van der Waals surface area contributed by atoms with Crippen LogP contribution < -0.4 is 5.14 Å². The second-order valence-electron chi connectivity index (χ2n) is 4.75. The van der Waals surface area contributed by atoms with Gasteiger partial charge in [0.15, 0.2) is 0 Å². The zero-order valence-corrected chi connectivity index (χ0v) is 8.52. The van der Waals surface area contributed by atoms with Gasteiger partial charge in [0.25, 0.3) is 10.2 Å². The van der Waals surface area contributed by atoms with Crippen LogP contribution in [0.2, 0.25) is 0 Å². The lowest BCUT2D eigenvalue weighted by atomic mass is 9.88. The summed E-state index contributed by atoms with van der Waals surface area (Å²) >= 11 is 0. The highest BCUT2D eigenvalue weighted by molar-refractivity contribution is 7.86. The molecule has 80 valence electrons. The van der Waals surface area contributed by atoms with Crippen LogP contribution in [-0.2, 0) is 10.2 Å². The lowest BCUT2D eigenvalue weighted by Gasteiger charge is -2.26. The van der Waals surface area contributed by atoms with Crippen molar-refractivity contribution in [2.45, 2.75) is 25.0 Å². The zero-order valence-electron chi connectivity index (χ0n) is 7.70. The van der Waals surface area contributed by atoms with Gasteiger partial charge < -0.3 is 5.11 Å². The maximum absolute atomic E-state index is 11.3. The van der Waals surface area contributed by atoms with Crippen molar-refractivity contribution in [3.63, 3.8) is 0 Å². The first kappa shape index (κ1) is 9.08. The SMILES string of the molecule is NS(=O)(=O)N1CC2CC3CC2C1C3O. The normalized spacial score (nSPS) is 51.7. The van der Waals surface area contributed by atoms with Gasteiger partial charge >= 0.3 is 0 Å². The summed E-state index contributed by atoms with van der Waals surface area (Å²) in [5.41, 5.74) is 0. The highest BCUT2D eigenvalue weighted by Gasteiger charge is 2.60. The van der Waals surface area contributed by atoms with Gasteiger partial charge in [-0.15, -0.1) is 0 Å². The molecule has 5 atom stereocenters. The van der Waals surface area contributed by atoms with Crippen molar-refractivity contribution in [1.82, 2.24) is 4.31 Å². The molecular formula is C8H14N2O3S. The van der Waals surface area contributed by atoms with Crippen molar-refractivity contribution in [1.29, 1.82) is 0 Å². The van der Waals surface area contributed by atoms with Crippen molar-refractivity contribution in [2.75, 3.05) is 6.54 Å². The van der Waals surface area contributed by atoms with Gasteiger partial charge in [-0.3, -0.25) is 0 Å². The van der Waals surface area contributed by atoms with Crippen LogP contribution in [0.25, 0.3) is 0 Å². The van der Waals surface area contributed by atoms with E-state index in [1.807, 2.05) is 0 Å². The van der Waals surface area contributed by atoms with E-state index in [-0.39, 0.29) is 6.04 Å². The van der Waals surface area contributed by atoms with Crippen LogP contribution in [0.15, 0.2) is 0 Å². The van der Waals surface area contributed by atoms with Crippen LogP contribution in [0.5, 0.6) is 0 Å². The molecule has 6 heteroatoms. The highest BCUT2D eigenvalue weighted by atomic mass is 32.2. The first-order chi connectivity index (χ1) is 6.48. The van der Waals surface area contributed by atoms with Crippen LogP contribution in [0.4, 0.5) is 0 Å². The van der Waals surface area contributed by atoms with E-state index in [1.165, 1.54) is 4.31 Å². The topological polar surface area (TPSA) is 83.6 Å². The Labute approximate surface area is 83.1 Å². The number of hydrogen-bond acceptors (Lipinski definition) is 3. The summed E-state index contributed by atoms with van der Waals surface area (Å²) in [6.45, 7) is 0.516. The van der Waals surface area contributed by atoms with Crippen molar-refractivity contribution in [3.05, 3.63) is 0 Å². The van der Waals surface area contributed by atoms with Gasteiger partial charge in [0.05, 0.1) is 12.1 Å². The number of aliphatic hydroxyl groups is 1. The van der Waals surface area contributed by atoms with Gasteiger partial charge in [-0.05, 0) is 30.6 Å². The van der Waals surface area contributed by atoms with Crippen LogP contribution >= 0.6 is 0 Å². The first-order valence-corrected chi connectivity index (χ1v) is 6.46. The minimum absolute atomic E-state index is 0.228. The summed E-state index contributed by atoms with van der Waals surface area (Å²) in [5.74, 6) is 1.10. The molecule has 2 saturated carbocycles. The number of nitrogens with zero attached hydrogens (tertiary/aromatic N) is 1. The predicted octanol–water partition coefficient (Wildman–Crippen LogP) is -1.11. The van der Waals surface area contributed by atoms with E-state index >= 15 is 0 Å². The van der Waals surface area contributed by atoms with Gasteiger partial charge in [0.2, 0.25) is 0 Å². The quantitative estimate of drug-likeness (QED) is 0.585. The second-order valence-corrected chi connectivity index (χ2v) is 6.25. The first-order valence-electron chi connectivity index (χ1n) is 4.96. The minimum Gasteiger partial charge on any atom is -0.391 e. The lowest BCUT2D eigenvalue weighted by Crippen LogP contribution is -2.46. The Bertz CT molecular complexity index is 367. The minimum atomic E-state index is -3.62. The highest BCUT2D eigenvalue weighted by Crippen LogP contribution is 2.55. The molecule has 1 heterocycles. The van der Waals surface area contributed by atoms with Crippen molar-refractivity contribution >= 4 is 10.2 Å². The molecule has 0 spiro atoms. The lowest BCUT2D eigenvalue weighted by molar-refractivity contribution is 0.0731. The maximum Gasteiger partial charge on any atom is 0.277 e. The smallest absolute Gasteiger partial charge is 0.277 e. The van der Waals surface area contributed by atoms with E-state index in [2.05, 4.69) is 0 Å². The largest absolute Gasteiger partial charge is 0.391 e. The molecular weight excluding hydrogens is 204 g/mol. The summed E-state index contributed by atoms with van der Waals surface area (Å²) in [4.78, 5) is 0. The maximum atomic E-state index is 11.3. The van der Waals surface area contributed by atoms with Gasteiger partial charge in [0, 0.05) is 6.54 Å². The standard InChI is InChI=1S/C8H14N2O3S/c9-14(12,13)10-3-5-1-4-2-6(5)7(10)8(4)11/h4-8,11H,1-3H2,(H2,9,12,13). The Morgan fingerprint density at radius 2 is 2.00 bits per heavy atom. The van der Waals surface area contributed by atoms with E-state index in [4.69, 9.17) is 5.14 Å². The van der Waals surface area contributed by atoms with Gasteiger partial charge in [-0.2, -0.15) is 12.7 Å². The number of rotatable bonds is 1. The molecule has 0 aromatic carbocycles. The summed E-state index contributed by atoms with van der Waals surface area (Å²) in [6.07, 6.45) is 1.45. The molecule has 1 saturated heterocycles. The molecule has 3 rings (SSSR count). The number of fused-ring (bicyclic) bond motifs is 1. The van der Waals surface area contributed by atoms with Crippen molar-refractivity contribution in [2.24, 2.45) is 22.9 Å². The third-order valence-electron chi connectivity index (χ3n) is 4.13. The molecule has 14 heavy (non-hydrogen) atoms. The molecule has 2 aliphatic carbocycles. The van der Waals surface area contributed by atoms with E-state index in [0.29, 0.717) is 24.3 Å². The fourth-order valence-corrected chi connectivity index (χ4v) is 4.67. The number of hydrogen-bond donors (Lipinski definition) is 2. The van der Waals surface area contributed by atoms with E-state index in [1.54, 1.807) is 0 Å². The van der Waals surface area contributed by atoms with Gasteiger partial charge in [-0.25, -0.2) is 5.14 Å². The molecule has 5 unspecified atom stereocenters. The fourth-order valence-electron chi connectivity index (χ4n) is 3.65. The average Bonchev–Trinajstić information content (AvgIpc) is 2.58. The van der Waals surface area contributed by atoms with Crippen LogP contribution in [0, 0.1) is 17.8 Å². The Balaban J connectivity index is 2.00. The molecule has 0 aromatic rings. The monoisotopic (exact) mass is 218 g/mol. The summed E-state index contributed by atoms with van der Waals surface area (Å²) in [6, 6.07) is -0.228. The average molecular weight is 218 g/mol. The summed E-state index contributed by atoms with van der Waals surface area (Å²) < 4.78 is 23.9. The van der Waals surface area contributed by atoms with E-state index in [0.717, 1.165) is 12.8 Å². The second kappa shape index (κ2) is 2.49. The number of nitrogens with two attached hydrogens (primary N) is 1. The molecule has 3 fully saturated rings. The van der Waals surface area contributed by atoms with Crippen molar-refractivity contribution in [3.8, 4) is 0 Å². The summed E-state index contributed by atoms with van der Waals surface area (Å²) in [5, 5.41) is 15.0. The predicted molar refractivity (Wildman–Crippen MR) is 49.3 cm³/mol. The molecule has 0 radical (unpaired) electrons. The van der Waals surface area contributed by atoms with Crippen molar-refractivity contribution < 1.29 is 13.5 Å². The van der Waals surface area contributed by atoms with Gasteiger partial charge in [-0.1, -0.05) is 0 Å². The molecule has 3 aliphatic rings. The molecule has 0 amide bonds. The van der Waals surface area contributed by atoms with E-state index < -0.39 is 16.3 Å². The third kappa shape index (κ3) is 0.970. The Morgan fingerprint density at radius 1 is 1.29 bits per heavy atom. The molecule has 1 aliphatic heterocycles.